The first-order valence-corrected chi connectivity index (χ1v) is 5.19. The zero-order chi connectivity index (χ0) is 11.5. The second-order valence-corrected chi connectivity index (χ2v) is 4.12. The van der Waals surface area contributed by atoms with E-state index < -0.39 is 5.54 Å². The van der Waals surface area contributed by atoms with Gasteiger partial charge in [-0.15, -0.1) is 0 Å². The summed E-state index contributed by atoms with van der Waals surface area (Å²) in [4.78, 5) is 11.3. The number of hydrogen-bond donors (Lipinski definition) is 2. The van der Waals surface area contributed by atoms with E-state index in [-0.39, 0.29) is 5.91 Å². The molecule has 0 aliphatic rings. The van der Waals surface area contributed by atoms with Gasteiger partial charge in [-0.2, -0.15) is 0 Å². The third kappa shape index (κ3) is 2.86. The molecule has 3 nitrogen and oxygen atoms in total. The number of amides is 1. The molecule has 1 rings (SSSR count). The second-order valence-electron chi connectivity index (χ2n) is 3.68. The molecule has 1 aromatic rings. The van der Waals surface area contributed by atoms with Crippen LogP contribution in [0.25, 0.3) is 0 Å². The Morgan fingerprint density at radius 2 is 2.00 bits per heavy atom. The molecule has 1 unspecified atom stereocenters. The van der Waals surface area contributed by atoms with E-state index in [4.69, 9.17) is 17.3 Å². The van der Waals surface area contributed by atoms with Crippen LogP contribution in [-0.4, -0.2) is 11.4 Å². The van der Waals surface area contributed by atoms with E-state index in [9.17, 15) is 4.79 Å². The topological polar surface area (TPSA) is 55.1 Å². The SMILES string of the molecule is CCC(C)(Nc1ccc(Cl)cc1)C(N)=O. The van der Waals surface area contributed by atoms with E-state index in [2.05, 4.69) is 5.32 Å². The summed E-state index contributed by atoms with van der Waals surface area (Å²) in [6, 6.07) is 7.17. The standard InChI is InChI=1S/C11H15ClN2O/c1-3-11(2,10(13)15)14-9-6-4-8(12)5-7-9/h4-7,14H,3H2,1-2H3,(H2,13,15). The fraction of sp³-hybridized carbons (Fsp3) is 0.364. The third-order valence-corrected chi connectivity index (χ3v) is 2.77. The maximum Gasteiger partial charge on any atom is 0.242 e. The quantitative estimate of drug-likeness (QED) is 0.829. The lowest BCUT2D eigenvalue weighted by Gasteiger charge is -2.27. The van der Waals surface area contributed by atoms with Crippen LogP contribution in [0.4, 0.5) is 5.69 Å². The Morgan fingerprint density at radius 1 is 1.47 bits per heavy atom. The van der Waals surface area contributed by atoms with Crippen molar-refractivity contribution < 1.29 is 4.79 Å². The molecule has 3 N–H and O–H groups in total. The van der Waals surface area contributed by atoms with Crippen molar-refractivity contribution in [2.24, 2.45) is 5.73 Å². The molecule has 82 valence electrons. The maximum atomic E-state index is 11.3. The molecule has 4 heteroatoms. The molecule has 0 aliphatic heterocycles. The fourth-order valence-corrected chi connectivity index (χ4v) is 1.30. The maximum absolute atomic E-state index is 11.3. The summed E-state index contributed by atoms with van der Waals surface area (Å²) in [7, 11) is 0. The number of carbonyl (C=O) groups excluding carboxylic acids is 1. The molecule has 0 aromatic heterocycles. The van der Waals surface area contributed by atoms with Crippen molar-refractivity contribution in [1.29, 1.82) is 0 Å². The number of benzene rings is 1. The lowest BCUT2D eigenvalue weighted by atomic mass is 9.97. The van der Waals surface area contributed by atoms with Crippen molar-refractivity contribution in [3.63, 3.8) is 0 Å². The highest BCUT2D eigenvalue weighted by molar-refractivity contribution is 6.30. The van der Waals surface area contributed by atoms with Gasteiger partial charge in [-0.3, -0.25) is 4.79 Å². The zero-order valence-corrected chi connectivity index (χ0v) is 9.64. The predicted molar refractivity (Wildman–Crippen MR) is 63.0 cm³/mol. The monoisotopic (exact) mass is 226 g/mol. The zero-order valence-electron chi connectivity index (χ0n) is 8.88. The number of halogens is 1. The van der Waals surface area contributed by atoms with Gasteiger partial charge < -0.3 is 11.1 Å². The van der Waals surface area contributed by atoms with Crippen LogP contribution in [0.3, 0.4) is 0 Å². The van der Waals surface area contributed by atoms with E-state index in [1.807, 2.05) is 19.1 Å². The lowest BCUT2D eigenvalue weighted by Crippen LogP contribution is -2.47. The normalized spacial score (nSPS) is 14.3. The summed E-state index contributed by atoms with van der Waals surface area (Å²) < 4.78 is 0. The largest absolute Gasteiger partial charge is 0.371 e. The highest BCUT2D eigenvalue weighted by Crippen LogP contribution is 2.20. The highest BCUT2D eigenvalue weighted by atomic mass is 35.5. The van der Waals surface area contributed by atoms with Crippen LogP contribution < -0.4 is 11.1 Å². The van der Waals surface area contributed by atoms with Gasteiger partial charge >= 0.3 is 0 Å². The molecule has 15 heavy (non-hydrogen) atoms. The van der Waals surface area contributed by atoms with E-state index in [1.54, 1.807) is 19.1 Å². The number of carbonyl (C=O) groups is 1. The summed E-state index contributed by atoms with van der Waals surface area (Å²) in [6.45, 7) is 3.69. The van der Waals surface area contributed by atoms with Gasteiger partial charge in [-0.1, -0.05) is 18.5 Å². The van der Waals surface area contributed by atoms with Gasteiger partial charge in [0.1, 0.15) is 5.54 Å². The van der Waals surface area contributed by atoms with Gasteiger partial charge in [0.05, 0.1) is 0 Å². The molecule has 0 aliphatic carbocycles. The molecular weight excluding hydrogens is 212 g/mol. The number of nitrogens with two attached hydrogens (primary N) is 1. The lowest BCUT2D eigenvalue weighted by molar-refractivity contribution is -0.121. The Labute approximate surface area is 94.6 Å². The van der Waals surface area contributed by atoms with Crippen LogP contribution in [0.1, 0.15) is 20.3 Å². The molecule has 0 fully saturated rings. The number of rotatable bonds is 4. The smallest absolute Gasteiger partial charge is 0.242 e. The average Bonchev–Trinajstić information content (AvgIpc) is 2.21. The van der Waals surface area contributed by atoms with Gasteiger partial charge in [0.15, 0.2) is 0 Å². The van der Waals surface area contributed by atoms with Gasteiger partial charge in [-0.25, -0.2) is 0 Å². The second kappa shape index (κ2) is 4.53. The molecule has 1 atom stereocenters. The first kappa shape index (κ1) is 11.9. The first-order valence-electron chi connectivity index (χ1n) is 4.81. The molecular formula is C11H15ClN2O. The van der Waals surface area contributed by atoms with Crippen molar-refractivity contribution in [3.8, 4) is 0 Å². The van der Waals surface area contributed by atoms with E-state index in [1.165, 1.54) is 0 Å². The van der Waals surface area contributed by atoms with Crippen LogP contribution >= 0.6 is 11.6 Å². The van der Waals surface area contributed by atoms with Crippen LogP contribution in [-0.2, 0) is 4.79 Å². The molecule has 1 amide bonds. The number of nitrogens with one attached hydrogen (secondary N) is 1. The number of anilines is 1. The molecule has 0 spiro atoms. The Balaban J connectivity index is 2.84. The number of hydrogen-bond acceptors (Lipinski definition) is 2. The molecule has 0 saturated heterocycles. The molecule has 1 aromatic carbocycles. The predicted octanol–water partition coefficient (Wildman–Crippen LogP) is 2.41. The van der Waals surface area contributed by atoms with Gasteiger partial charge in [0.25, 0.3) is 0 Å². The van der Waals surface area contributed by atoms with Crippen molar-refractivity contribution in [2.45, 2.75) is 25.8 Å². The summed E-state index contributed by atoms with van der Waals surface area (Å²) in [5.74, 6) is -0.361. The first-order chi connectivity index (χ1) is 6.98. The van der Waals surface area contributed by atoms with Crippen LogP contribution in [0.2, 0.25) is 5.02 Å². The Morgan fingerprint density at radius 3 is 2.40 bits per heavy atom. The summed E-state index contributed by atoms with van der Waals surface area (Å²) in [6.07, 6.45) is 0.630. The van der Waals surface area contributed by atoms with Gasteiger partial charge in [-0.05, 0) is 37.6 Å². The molecule has 0 radical (unpaired) electrons. The Kier molecular flexibility index (Phi) is 3.58. The van der Waals surface area contributed by atoms with Gasteiger partial charge in [0.2, 0.25) is 5.91 Å². The molecule has 0 heterocycles. The van der Waals surface area contributed by atoms with E-state index in [0.29, 0.717) is 11.4 Å². The van der Waals surface area contributed by atoms with Crippen molar-refractivity contribution in [3.05, 3.63) is 29.3 Å². The highest BCUT2D eigenvalue weighted by Gasteiger charge is 2.28. The molecule has 0 saturated carbocycles. The fourth-order valence-electron chi connectivity index (χ4n) is 1.18. The van der Waals surface area contributed by atoms with Crippen molar-refractivity contribution in [2.75, 3.05) is 5.32 Å². The minimum absolute atomic E-state index is 0.361. The van der Waals surface area contributed by atoms with E-state index in [0.717, 1.165) is 5.69 Å². The van der Waals surface area contributed by atoms with E-state index >= 15 is 0 Å². The Hall–Kier alpha value is -1.22. The van der Waals surface area contributed by atoms with Crippen molar-refractivity contribution >= 4 is 23.2 Å². The number of primary amides is 1. The Bertz CT molecular complexity index is 350. The van der Waals surface area contributed by atoms with Crippen molar-refractivity contribution in [1.82, 2.24) is 0 Å². The third-order valence-electron chi connectivity index (χ3n) is 2.52. The summed E-state index contributed by atoms with van der Waals surface area (Å²) in [5, 5.41) is 3.76. The van der Waals surface area contributed by atoms with Crippen LogP contribution in [0.15, 0.2) is 24.3 Å². The summed E-state index contributed by atoms with van der Waals surface area (Å²) in [5.41, 5.74) is 5.45. The average molecular weight is 227 g/mol. The van der Waals surface area contributed by atoms with Crippen LogP contribution in [0, 0.1) is 0 Å². The van der Waals surface area contributed by atoms with Gasteiger partial charge in [0, 0.05) is 10.7 Å². The molecule has 0 bridgehead atoms. The van der Waals surface area contributed by atoms with Crippen LogP contribution in [0.5, 0.6) is 0 Å². The minimum Gasteiger partial charge on any atom is -0.371 e. The minimum atomic E-state index is -0.714. The summed E-state index contributed by atoms with van der Waals surface area (Å²) >= 11 is 5.76.